The summed E-state index contributed by atoms with van der Waals surface area (Å²) >= 11 is 6.69. The lowest BCUT2D eigenvalue weighted by Crippen LogP contribution is -2.28. The highest BCUT2D eigenvalue weighted by Crippen LogP contribution is 2.32. The van der Waals surface area contributed by atoms with Crippen LogP contribution in [0.25, 0.3) is 0 Å². The molecule has 26 heavy (non-hydrogen) atoms. The average molecular weight is 414 g/mol. The number of ether oxygens (including phenoxy) is 1. The third-order valence-electron chi connectivity index (χ3n) is 3.71. The zero-order valence-electron chi connectivity index (χ0n) is 14.5. The van der Waals surface area contributed by atoms with Crippen LogP contribution in [0.2, 0.25) is 0 Å². The molecule has 0 bridgehead atoms. The molecule has 140 valence electrons. The van der Waals surface area contributed by atoms with E-state index in [1.807, 2.05) is 13.8 Å². The first-order valence-electron chi connectivity index (χ1n) is 7.48. The molecule has 1 aromatic carbocycles. The third-order valence-corrected chi connectivity index (χ3v) is 6.01. The maximum absolute atomic E-state index is 12.0. The summed E-state index contributed by atoms with van der Waals surface area (Å²) in [6, 6.07) is 6.16. The Morgan fingerprint density at radius 3 is 2.42 bits per heavy atom. The van der Waals surface area contributed by atoms with Gasteiger partial charge in [0.05, 0.1) is 17.6 Å². The predicted molar refractivity (Wildman–Crippen MR) is 106 cm³/mol. The van der Waals surface area contributed by atoms with Crippen LogP contribution < -0.4 is 15.8 Å². The van der Waals surface area contributed by atoms with Crippen molar-refractivity contribution in [1.82, 2.24) is 5.32 Å². The lowest BCUT2D eigenvalue weighted by molar-refractivity contribution is 0.0601. The van der Waals surface area contributed by atoms with Gasteiger partial charge in [0.1, 0.15) is 5.00 Å². The Morgan fingerprint density at radius 1 is 1.27 bits per heavy atom. The molecule has 1 aromatic heterocycles. The SMILES string of the molecule is COC(=O)c1c(NC(=S)NCc2ccc(S(N)(=O)=O)cc2)sc(C)c1C. The van der Waals surface area contributed by atoms with Crippen molar-refractivity contribution in [1.29, 1.82) is 0 Å². The molecule has 0 aliphatic rings. The summed E-state index contributed by atoms with van der Waals surface area (Å²) < 4.78 is 27.3. The van der Waals surface area contributed by atoms with Gasteiger partial charge in [0.25, 0.3) is 0 Å². The molecular weight excluding hydrogens is 394 g/mol. The van der Waals surface area contributed by atoms with Gasteiger partial charge < -0.3 is 15.4 Å². The van der Waals surface area contributed by atoms with Gasteiger partial charge in [-0.3, -0.25) is 0 Å². The van der Waals surface area contributed by atoms with E-state index in [1.54, 1.807) is 12.1 Å². The van der Waals surface area contributed by atoms with Crippen LogP contribution in [0.15, 0.2) is 29.2 Å². The summed E-state index contributed by atoms with van der Waals surface area (Å²) in [6.07, 6.45) is 0. The average Bonchev–Trinajstić information content (AvgIpc) is 2.86. The van der Waals surface area contributed by atoms with Crippen LogP contribution in [0.1, 0.15) is 26.4 Å². The van der Waals surface area contributed by atoms with E-state index in [9.17, 15) is 13.2 Å². The molecule has 0 fully saturated rings. The highest BCUT2D eigenvalue weighted by molar-refractivity contribution is 7.89. The number of primary sulfonamides is 1. The number of hydrogen-bond donors (Lipinski definition) is 3. The number of nitrogens with one attached hydrogen (secondary N) is 2. The molecule has 0 saturated heterocycles. The molecule has 2 aromatic rings. The van der Waals surface area contributed by atoms with E-state index in [-0.39, 0.29) is 4.90 Å². The Hall–Kier alpha value is -2.01. The molecule has 0 aliphatic heterocycles. The minimum Gasteiger partial charge on any atom is -0.465 e. The smallest absolute Gasteiger partial charge is 0.341 e. The number of rotatable bonds is 5. The van der Waals surface area contributed by atoms with Gasteiger partial charge in [0.15, 0.2) is 5.11 Å². The molecule has 0 radical (unpaired) electrons. The number of thiophene rings is 1. The molecule has 0 amide bonds. The van der Waals surface area contributed by atoms with Crippen LogP contribution in [0, 0.1) is 13.8 Å². The minimum atomic E-state index is -3.71. The lowest BCUT2D eigenvalue weighted by Gasteiger charge is -2.11. The third kappa shape index (κ3) is 4.79. The van der Waals surface area contributed by atoms with Crippen molar-refractivity contribution in [2.75, 3.05) is 12.4 Å². The summed E-state index contributed by atoms with van der Waals surface area (Å²) in [4.78, 5) is 13.0. The topological polar surface area (TPSA) is 111 Å². The number of carbonyl (C=O) groups excluding carboxylic acids is 1. The number of hydrogen-bond acceptors (Lipinski definition) is 6. The zero-order valence-corrected chi connectivity index (χ0v) is 16.9. The van der Waals surface area contributed by atoms with Crippen LogP contribution in [-0.2, 0) is 21.3 Å². The van der Waals surface area contributed by atoms with E-state index >= 15 is 0 Å². The number of methoxy groups -OCH3 is 1. The largest absolute Gasteiger partial charge is 0.465 e. The maximum atomic E-state index is 12.0. The first-order chi connectivity index (χ1) is 12.1. The van der Waals surface area contributed by atoms with Gasteiger partial charge in [-0.1, -0.05) is 12.1 Å². The summed E-state index contributed by atoms with van der Waals surface area (Å²) in [5, 5.41) is 12.1. The monoisotopic (exact) mass is 413 g/mol. The van der Waals surface area contributed by atoms with Crippen molar-refractivity contribution in [2.24, 2.45) is 5.14 Å². The van der Waals surface area contributed by atoms with Gasteiger partial charge in [0.2, 0.25) is 10.0 Å². The maximum Gasteiger partial charge on any atom is 0.341 e. The van der Waals surface area contributed by atoms with Crippen LogP contribution in [0.5, 0.6) is 0 Å². The molecule has 4 N–H and O–H groups in total. The highest BCUT2D eigenvalue weighted by Gasteiger charge is 2.20. The fourth-order valence-corrected chi connectivity index (χ4v) is 4.00. The standard InChI is InChI=1S/C16H19N3O4S3/c1-9-10(2)25-14(13(9)15(20)23-3)19-16(24)18-8-11-4-6-12(7-5-11)26(17,21)22/h4-7H,8H2,1-3H3,(H2,17,21,22)(H2,18,19,24). The van der Waals surface area contributed by atoms with Crippen molar-refractivity contribution in [2.45, 2.75) is 25.3 Å². The van der Waals surface area contributed by atoms with Gasteiger partial charge >= 0.3 is 5.97 Å². The molecule has 2 rings (SSSR count). The number of sulfonamides is 1. The van der Waals surface area contributed by atoms with Gasteiger partial charge in [-0.15, -0.1) is 11.3 Å². The number of anilines is 1. The Kier molecular flexibility index (Phi) is 6.34. The molecule has 0 unspecified atom stereocenters. The Morgan fingerprint density at radius 2 is 1.88 bits per heavy atom. The fraction of sp³-hybridized carbons (Fsp3) is 0.250. The Labute approximate surface area is 161 Å². The first-order valence-corrected chi connectivity index (χ1v) is 10.3. The molecule has 7 nitrogen and oxygen atoms in total. The van der Waals surface area contributed by atoms with Gasteiger partial charge in [-0.05, 0) is 49.3 Å². The van der Waals surface area contributed by atoms with Crippen molar-refractivity contribution < 1.29 is 17.9 Å². The van der Waals surface area contributed by atoms with Crippen molar-refractivity contribution in [3.05, 3.63) is 45.8 Å². The van der Waals surface area contributed by atoms with Gasteiger partial charge in [-0.25, -0.2) is 18.4 Å². The van der Waals surface area contributed by atoms with Crippen LogP contribution >= 0.6 is 23.6 Å². The van der Waals surface area contributed by atoms with E-state index in [0.29, 0.717) is 22.2 Å². The zero-order chi connectivity index (χ0) is 19.5. The minimum absolute atomic E-state index is 0.0502. The number of nitrogens with two attached hydrogens (primary N) is 1. The van der Waals surface area contributed by atoms with Crippen LogP contribution in [0.4, 0.5) is 5.00 Å². The Balaban J connectivity index is 2.04. The van der Waals surface area contributed by atoms with E-state index in [0.717, 1.165) is 16.0 Å². The van der Waals surface area contributed by atoms with Crippen molar-refractivity contribution in [3.63, 3.8) is 0 Å². The molecule has 0 spiro atoms. The molecular formula is C16H19N3O4S3. The quantitative estimate of drug-likeness (QED) is 0.509. The molecule has 0 atom stereocenters. The second-order valence-electron chi connectivity index (χ2n) is 5.48. The number of benzene rings is 1. The number of carbonyl (C=O) groups is 1. The van der Waals surface area contributed by atoms with E-state index in [1.165, 1.54) is 30.6 Å². The first kappa shape index (κ1) is 20.3. The summed E-state index contributed by atoms with van der Waals surface area (Å²) in [5.41, 5.74) is 2.15. The van der Waals surface area contributed by atoms with Crippen LogP contribution in [0.3, 0.4) is 0 Å². The van der Waals surface area contributed by atoms with Crippen LogP contribution in [-0.4, -0.2) is 26.6 Å². The fourth-order valence-electron chi connectivity index (χ4n) is 2.19. The second kappa shape index (κ2) is 8.12. The van der Waals surface area contributed by atoms with Crippen molar-refractivity contribution in [3.8, 4) is 0 Å². The van der Waals surface area contributed by atoms with E-state index < -0.39 is 16.0 Å². The number of thiocarbonyl (C=S) groups is 1. The number of esters is 1. The molecule has 10 heteroatoms. The van der Waals surface area contributed by atoms with Gasteiger partial charge in [0, 0.05) is 11.4 Å². The summed E-state index contributed by atoms with van der Waals surface area (Å²) in [6.45, 7) is 4.15. The molecule has 0 saturated carbocycles. The second-order valence-corrected chi connectivity index (χ2v) is 8.67. The summed E-state index contributed by atoms with van der Waals surface area (Å²) in [7, 11) is -2.38. The predicted octanol–water partition coefficient (Wildman–Crippen LogP) is 2.29. The van der Waals surface area contributed by atoms with Gasteiger partial charge in [-0.2, -0.15) is 0 Å². The van der Waals surface area contributed by atoms with E-state index in [2.05, 4.69) is 10.6 Å². The molecule has 1 heterocycles. The van der Waals surface area contributed by atoms with E-state index in [4.69, 9.17) is 22.1 Å². The van der Waals surface area contributed by atoms with Crippen molar-refractivity contribution >= 4 is 49.7 Å². The highest BCUT2D eigenvalue weighted by atomic mass is 32.2. The lowest BCUT2D eigenvalue weighted by atomic mass is 10.1. The summed E-state index contributed by atoms with van der Waals surface area (Å²) in [5.74, 6) is -0.421. The Bertz CT molecular complexity index is 934. The molecule has 0 aliphatic carbocycles. The number of aryl methyl sites for hydroxylation is 1. The normalized spacial score (nSPS) is 11.1.